The molecule has 1 aromatic carbocycles. The van der Waals surface area contributed by atoms with E-state index in [4.69, 9.17) is 9.47 Å². The van der Waals surface area contributed by atoms with Crippen molar-refractivity contribution in [2.45, 2.75) is 52.4 Å². The summed E-state index contributed by atoms with van der Waals surface area (Å²) in [7, 11) is 0. The Morgan fingerprint density at radius 1 is 0.844 bits per heavy atom. The van der Waals surface area contributed by atoms with Gasteiger partial charge in [-0.1, -0.05) is 24.3 Å². The van der Waals surface area contributed by atoms with Crippen molar-refractivity contribution in [1.29, 1.82) is 0 Å². The minimum atomic E-state index is -0.319. The van der Waals surface area contributed by atoms with Gasteiger partial charge in [0.25, 0.3) is 5.91 Å². The van der Waals surface area contributed by atoms with E-state index in [1.807, 2.05) is 41.3 Å². The number of ether oxygens (including phenoxy) is 2. The maximum atomic E-state index is 13.1. The van der Waals surface area contributed by atoms with Gasteiger partial charge < -0.3 is 14.4 Å². The molecule has 1 rings (SSSR count). The predicted molar refractivity (Wildman–Crippen MR) is 134 cm³/mol. The van der Waals surface area contributed by atoms with Crippen LogP contribution in [0, 0.1) is 3.57 Å². The molecule has 0 N–H and O–H groups in total. The zero-order valence-corrected chi connectivity index (χ0v) is 21.2. The Morgan fingerprint density at radius 2 is 1.34 bits per heavy atom. The van der Waals surface area contributed by atoms with Crippen LogP contribution in [0.5, 0.6) is 0 Å². The zero-order valence-electron chi connectivity index (χ0n) is 19.1. The van der Waals surface area contributed by atoms with Crippen molar-refractivity contribution in [2.75, 3.05) is 26.3 Å². The van der Waals surface area contributed by atoms with E-state index in [-0.39, 0.29) is 17.8 Å². The number of rotatable bonds is 15. The predicted octanol–water partition coefficient (Wildman–Crippen LogP) is 5.31. The number of nitrogens with zero attached hydrogens (tertiary/aromatic N) is 1. The van der Waals surface area contributed by atoms with Gasteiger partial charge in [-0.05, 0) is 87.1 Å². The van der Waals surface area contributed by atoms with E-state index in [0.29, 0.717) is 26.3 Å². The molecular weight excluding hydrogens is 521 g/mol. The number of allylic oxidation sites excluding steroid dienone is 2. The quantitative estimate of drug-likeness (QED) is 0.127. The molecule has 0 atom stereocenters. The number of benzene rings is 1. The molecule has 1 amide bonds. The summed E-state index contributed by atoms with van der Waals surface area (Å²) in [5.74, 6) is -0.598. The summed E-state index contributed by atoms with van der Waals surface area (Å²) in [6.07, 6.45) is 11.6. The van der Waals surface area contributed by atoms with Crippen molar-refractivity contribution < 1.29 is 23.9 Å². The molecule has 32 heavy (non-hydrogen) atoms. The number of halogens is 1. The molecule has 0 aliphatic heterocycles. The maximum Gasteiger partial charge on any atom is 0.330 e. The van der Waals surface area contributed by atoms with E-state index in [9.17, 15) is 14.4 Å². The molecule has 0 saturated carbocycles. The molecule has 0 radical (unpaired) electrons. The van der Waals surface area contributed by atoms with Crippen LogP contribution in [0.1, 0.15) is 62.7 Å². The molecule has 7 heteroatoms. The monoisotopic (exact) mass is 555 g/mol. The highest BCUT2D eigenvalue weighted by Gasteiger charge is 2.17. The fourth-order valence-corrected chi connectivity index (χ4v) is 3.61. The lowest BCUT2D eigenvalue weighted by Crippen LogP contribution is -2.33. The van der Waals surface area contributed by atoms with Crippen LogP contribution >= 0.6 is 22.6 Å². The summed E-state index contributed by atoms with van der Waals surface area (Å²) in [6.45, 7) is 5.63. The van der Waals surface area contributed by atoms with Crippen molar-refractivity contribution in [3.05, 3.63) is 57.7 Å². The summed E-state index contributed by atoms with van der Waals surface area (Å²) in [5.41, 5.74) is 0.720. The van der Waals surface area contributed by atoms with E-state index < -0.39 is 0 Å². The van der Waals surface area contributed by atoms with E-state index in [0.717, 1.165) is 47.7 Å². The lowest BCUT2D eigenvalue weighted by Gasteiger charge is -2.23. The topological polar surface area (TPSA) is 72.9 Å². The molecule has 0 aromatic heterocycles. The van der Waals surface area contributed by atoms with E-state index >= 15 is 0 Å². The van der Waals surface area contributed by atoms with Crippen LogP contribution < -0.4 is 0 Å². The Kier molecular flexibility index (Phi) is 15.2. The highest BCUT2D eigenvalue weighted by atomic mass is 127. The Morgan fingerprint density at radius 3 is 1.81 bits per heavy atom. The number of amides is 1. The number of hydrogen-bond acceptors (Lipinski definition) is 5. The smallest absolute Gasteiger partial charge is 0.330 e. The Bertz CT molecular complexity index is 739. The number of unbranched alkanes of at least 4 members (excludes halogenated alkanes) is 4. The fraction of sp³-hybridized carbons (Fsp3) is 0.480. The molecule has 0 bridgehead atoms. The van der Waals surface area contributed by atoms with Gasteiger partial charge in [-0.2, -0.15) is 0 Å². The van der Waals surface area contributed by atoms with Crippen LogP contribution in [-0.2, 0) is 19.1 Å². The number of carbonyl (C=O) groups excluding carboxylic acids is 3. The van der Waals surface area contributed by atoms with Crippen molar-refractivity contribution >= 4 is 40.4 Å². The van der Waals surface area contributed by atoms with Gasteiger partial charge >= 0.3 is 11.9 Å². The number of esters is 2. The molecule has 0 heterocycles. The fourth-order valence-electron chi connectivity index (χ4n) is 2.99. The summed E-state index contributed by atoms with van der Waals surface area (Å²) in [6, 6.07) is 7.61. The van der Waals surface area contributed by atoms with E-state index in [1.54, 1.807) is 13.8 Å². The Balaban J connectivity index is 2.54. The highest BCUT2D eigenvalue weighted by molar-refractivity contribution is 14.1. The molecule has 0 aliphatic rings. The molecule has 0 fully saturated rings. The molecule has 1 aromatic rings. The van der Waals surface area contributed by atoms with Crippen LogP contribution in [0.25, 0.3) is 0 Å². The van der Waals surface area contributed by atoms with Gasteiger partial charge in [0.05, 0.1) is 18.8 Å². The van der Waals surface area contributed by atoms with Gasteiger partial charge in [-0.25, -0.2) is 9.59 Å². The van der Waals surface area contributed by atoms with Crippen LogP contribution in [0.4, 0.5) is 0 Å². The molecule has 0 saturated heterocycles. The zero-order chi connectivity index (χ0) is 23.6. The van der Waals surface area contributed by atoms with Gasteiger partial charge in [0, 0.05) is 28.8 Å². The second-order valence-corrected chi connectivity index (χ2v) is 8.23. The van der Waals surface area contributed by atoms with Gasteiger partial charge in [-0.15, -0.1) is 0 Å². The standard InChI is InChI=1S/C25H34INO5/c1-3-31-23(28)17-9-5-7-13-19-27(25(30)21-15-11-12-16-22(21)26)20-14-8-6-10-18-24(29)32-4-2/h9-12,15-18H,3-8,13-14,19-20H2,1-2H3/b17-9+,18-10+. The molecule has 6 nitrogen and oxygen atoms in total. The summed E-state index contributed by atoms with van der Waals surface area (Å²) in [5, 5.41) is 0. The first-order valence-electron chi connectivity index (χ1n) is 11.2. The highest BCUT2D eigenvalue weighted by Crippen LogP contribution is 2.16. The summed E-state index contributed by atoms with van der Waals surface area (Å²) >= 11 is 2.19. The second kappa shape index (κ2) is 17.4. The van der Waals surface area contributed by atoms with Gasteiger partial charge in [0.1, 0.15) is 0 Å². The van der Waals surface area contributed by atoms with Gasteiger partial charge in [-0.3, -0.25) is 4.79 Å². The first kappa shape index (κ1) is 27.9. The van der Waals surface area contributed by atoms with E-state index in [1.165, 1.54) is 12.2 Å². The van der Waals surface area contributed by atoms with Crippen molar-refractivity contribution in [1.82, 2.24) is 4.90 Å². The number of hydrogen-bond donors (Lipinski definition) is 0. The van der Waals surface area contributed by atoms with Crippen molar-refractivity contribution in [3.63, 3.8) is 0 Å². The second-order valence-electron chi connectivity index (χ2n) is 7.07. The molecule has 0 aliphatic carbocycles. The Labute approximate surface area is 205 Å². The average molecular weight is 555 g/mol. The minimum absolute atomic E-state index is 0.0409. The molecule has 0 unspecified atom stereocenters. The third kappa shape index (κ3) is 12.0. The number of carbonyl (C=O) groups is 3. The maximum absolute atomic E-state index is 13.1. The van der Waals surface area contributed by atoms with Crippen LogP contribution in [0.2, 0.25) is 0 Å². The van der Waals surface area contributed by atoms with Gasteiger partial charge in [0.2, 0.25) is 0 Å². The minimum Gasteiger partial charge on any atom is -0.463 e. The third-order valence-corrected chi connectivity index (χ3v) is 5.51. The van der Waals surface area contributed by atoms with Crippen LogP contribution in [0.15, 0.2) is 48.6 Å². The first-order chi connectivity index (χ1) is 15.5. The normalized spacial score (nSPS) is 11.1. The van der Waals surface area contributed by atoms with E-state index in [2.05, 4.69) is 22.6 Å². The van der Waals surface area contributed by atoms with Crippen LogP contribution in [0.3, 0.4) is 0 Å². The van der Waals surface area contributed by atoms with Crippen molar-refractivity contribution in [3.8, 4) is 0 Å². The Hall–Kier alpha value is -2.16. The summed E-state index contributed by atoms with van der Waals surface area (Å²) < 4.78 is 10.7. The largest absolute Gasteiger partial charge is 0.463 e. The lowest BCUT2D eigenvalue weighted by atomic mass is 10.1. The SMILES string of the molecule is CCOC(=O)/C=C/CCCCN(CCCC/C=C/C(=O)OCC)C(=O)c1ccccc1I. The van der Waals surface area contributed by atoms with Crippen molar-refractivity contribution in [2.24, 2.45) is 0 Å². The third-order valence-electron chi connectivity index (χ3n) is 4.57. The van der Waals surface area contributed by atoms with Crippen LogP contribution in [-0.4, -0.2) is 49.0 Å². The first-order valence-corrected chi connectivity index (χ1v) is 12.3. The lowest BCUT2D eigenvalue weighted by molar-refractivity contribution is -0.138. The summed E-state index contributed by atoms with van der Waals surface area (Å²) in [4.78, 5) is 37.7. The average Bonchev–Trinajstić information content (AvgIpc) is 2.77. The molecule has 176 valence electrons. The molecule has 0 spiro atoms. The van der Waals surface area contributed by atoms with Gasteiger partial charge in [0.15, 0.2) is 0 Å². The molecular formula is C25H34INO5.